The van der Waals surface area contributed by atoms with Crippen LogP contribution in [0.25, 0.3) is 0 Å². The summed E-state index contributed by atoms with van der Waals surface area (Å²) in [6, 6.07) is 20.1. The van der Waals surface area contributed by atoms with E-state index in [2.05, 4.69) is 21.2 Å². The Kier molecular flexibility index (Phi) is 9.38. The summed E-state index contributed by atoms with van der Waals surface area (Å²) in [5.74, 6) is -2.30. The number of carboxylic acid groups (broad SMARTS) is 1. The summed E-state index contributed by atoms with van der Waals surface area (Å²) >= 11 is 3.33. The van der Waals surface area contributed by atoms with Gasteiger partial charge in [0.05, 0.1) is 29.8 Å². The Hall–Kier alpha value is -3.75. The highest BCUT2D eigenvalue weighted by atomic mass is 79.9. The molecule has 3 aromatic rings. The van der Waals surface area contributed by atoms with Gasteiger partial charge in [-0.3, -0.25) is 10.2 Å². The van der Waals surface area contributed by atoms with Crippen LogP contribution in [0.1, 0.15) is 35.6 Å². The Morgan fingerprint density at radius 3 is 2.32 bits per heavy atom. The number of aryl methyl sites for hydroxylation is 2. The van der Waals surface area contributed by atoms with Crippen molar-refractivity contribution in [2.24, 2.45) is 0 Å². The molecule has 1 amide bonds. The van der Waals surface area contributed by atoms with Crippen molar-refractivity contribution in [3.63, 3.8) is 0 Å². The smallest absolute Gasteiger partial charge is 0.341 e. The minimum absolute atomic E-state index is 0.0433. The van der Waals surface area contributed by atoms with Crippen LogP contribution in [0.4, 0.5) is 11.4 Å². The van der Waals surface area contributed by atoms with Crippen LogP contribution in [-0.2, 0) is 20.9 Å². The topological polar surface area (TPSA) is 125 Å². The van der Waals surface area contributed by atoms with Crippen molar-refractivity contribution in [3.8, 4) is 0 Å². The quantitative estimate of drug-likeness (QED) is 0.0787. The van der Waals surface area contributed by atoms with E-state index < -0.39 is 23.6 Å². The second kappa shape index (κ2) is 12.5. The highest BCUT2D eigenvalue weighted by molar-refractivity contribution is 9.10. The average Bonchev–Trinajstić information content (AvgIpc) is 2.84. The number of benzene rings is 3. The van der Waals surface area contributed by atoms with Crippen LogP contribution in [0, 0.1) is 19.3 Å². The normalized spacial score (nSPS) is 12.4. The molecule has 1 atom stereocenters. The summed E-state index contributed by atoms with van der Waals surface area (Å²) in [7, 11) is 0. The van der Waals surface area contributed by atoms with Crippen molar-refractivity contribution in [2.45, 2.75) is 39.9 Å². The third kappa shape index (κ3) is 7.62. The van der Waals surface area contributed by atoms with Crippen LogP contribution in [0.2, 0.25) is 0 Å². The third-order valence-electron chi connectivity index (χ3n) is 5.69. The fourth-order valence-electron chi connectivity index (χ4n) is 3.97. The first-order valence-corrected chi connectivity index (χ1v) is 12.5. The van der Waals surface area contributed by atoms with Gasteiger partial charge in [-0.25, -0.2) is 4.79 Å². The van der Waals surface area contributed by atoms with E-state index in [1.54, 1.807) is 37.3 Å². The molecule has 0 spiro atoms. The Bertz CT molecular complexity index is 1330. The van der Waals surface area contributed by atoms with Gasteiger partial charge in [0.25, 0.3) is 5.91 Å². The van der Waals surface area contributed by atoms with Gasteiger partial charge in [0.15, 0.2) is 0 Å². The third-order valence-corrected chi connectivity index (χ3v) is 6.18. The first-order valence-electron chi connectivity index (χ1n) is 11.7. The van der Waals surface area contributed by atoms with Gasteiger partial charge in [-0.15, -0.1) is 0 Å². The van der Waals surface area contributed by atoms with E-state index in [1.165, 1.54) is 0 Å². The molecule has 0 aliphatic heterocycles. The van der Waals surface area contributed by atoms with Gasteiger partial charge < -0.3 is 20.9 Å². The molecule has 0 bridgehead atoms. The van der Waals surface area contributed by atoms with Gasteiger partial charge in [-0.1, -0.05) is 63.5 Å². The van der Waals surface area contributed by atoms with Gasteiger partial charge in [0.2, 0.25) is 0 Å². The number of carbonyl (C=O) groups excluding carboxylic acids is 1. The molecule has 0 fully saturated rings. The van der Waals surface area contributed by atoms with Crippen molar-refractivity contribution in [1.82, 2.24) is 0 Å². The molecule has 0 aromatic heterocycles. The monoisotopic (exact) mass is 563 g/mol. The number of amides is 1. The minimum atomic E-state index is -1.44. The van der Waals surface area contributed by atoms with E-state index in [9.17, 15) is 14.7 Å². The number of nitrogens with two attached hydrogens (primary N) is 1. The summed E-state index contributed by atoms with van der Waals surface area (Å²) in [5.41, 5.74) is 9.38. The first kappa shape index (κ1) is 27.8. The number of carboxylic acids is 1. The number of halogens is 1. The van der Waals surface area contributed by atoms with Gasteiger partial charge in [0.1, 0.15) is 5.57 Å². The van der Waals surface area contributed by atoms with Crippen molar-refractivity contribution < 1.29 is 19.4 Å². The second-order valence-corrected chi connectivity index (χ2v) is 9.82. The van der Waals surface area contributed by atoms with Crippen molar-refractivity contribution in [2.75, 3.05) is 11.1 Å². The Morgan fingerprint density at radius 2 is 1.70 bits per heavy atom. The second-order valence-electron chi connectivity index (χ2n) is 8.91. The number of anilines is 2. The molecule has 5 N–H and O–H groups in total. The van der Waals surface area contributed by atoms with E-state index in [-0.39, 0.29) is 29.1 Å². The predicted molar refractivity (Wildman–Crippen MR) is 150 cm³/mol. The summed E-state index contributed by atoms with van der Waals surface area (Å²) in [4.78, 5) is 25.8. The maximum Gasteiger partial charge on any atom is 0.341 e. The van der Waals surface area contributed by atoms with Crippen molar-refractivity contribution >= 4 is 44.9 Å². The van der Waals surface area contributed by atoms with E-state index in [0.717, 1.165) is 16.7 Å². The molecule has 0 radical (unpaired) electrons. The number of hydrogen-bond donors (Lipinski definition) is 4. The molecule has 1 unspecified atom stereocenters. The van der Waals surface area contributed by atoms with E-state index >= 15 is 0 Å². The van der Waals surface area contributed by atoms with Gasteiger partial charge in [-0.2, -0.15) is 0 Å². The molecule has 0 heterocycles. The van der Waals surface area contributed by atoms with Gasteiger partial charge in [0, 0.05) is 22.0 Å². The molecule has 3 rings (SSSR count). The summed E-state index contributed by atoms with van der Waals surface area (Å²) in [6.45, 7) is 5.91. The van der Waals surface area contributed by atoms with Gasteiger partial charge >= 0.3 is 5.97 Å². The average molecular weight is 564 g/mol. The fraction of sp³-hybridized carbons (Fsp3) is 0.207. The first-order chi connectivity index (χ1) is 17.5. The molecule has 0 saturated carbocycles. The van der Waals surface area contributed by atoms with Crippen molar-refractivity contribution in [3.05, 3.63) is 105 Å². The fourth-order valence-corrected chi connectivity index (χ4v) is 4.33. The van der Waals surface area contributed by atoms with Crippen LogP contribution in [0.5, 0.6) is 0 Å². The lowest BCUT2D eigenvalue weighted by Crippen LogP contribution is -2.27. The lowest BCUT2D eigenvalue weighted by atomic mass is 9.91. The predicted octanol–water partition coefficient (Wildman–Crippen LogP) is 6.03. The highest BCUT2D eigenvalue weighted by Crippen LogP contribution is 2.26. The largest absolute Gasteiger partial charge is 0.477 e. The number of aliphatic carboxylic acids is 1. The highest BCUT2D eigenvalue weighted by Gasteiger charge is 2.28. The van der Waals surface area contributed by atoms with Crippen LogP contribution in [-0.4, -0.2) is 28.8 Å². The number of nitrogens with one attached hydrogen (secondary N) is 2. The molecule has 0 aliphatic rings. The SMILES string of the molecule is Cc1cc(C)cc(C(=N)/C(CC(C)OCc2ccccc2)=C(/C(=O)O)C(=O)Nc2cc(Br)ccc2N)c1. The molecular formula is C29H30BrN3O4. The summed E-state index contributed by atoms with van der Waals surface area (Å²) in [6.07, 6.45) is -0.429. The lowest BCUT2D eigenvalue weighted by Gasteiger charge is -2.20. The van der Waals surface area contributed by atoms with E-state index in [0.29, 0.717) is 16.6 Å². The van der Waals surface area contributed by atoms with E-state index in [1.807, 2.05) is 50.2 Å². The number of nitrogen functional groups attached to an aromatic ring is 1. The Morgan fingerprint density at radius 1 is 1.05 bits per heavy atom. The molecule has 192 valence electrons. The van der Waals surface area contributed by atoms with E-state index in [4.69, 9.17) is 15.9 Å². The summed E-state index contributed by atoms with van der Waals surface area (Å²) < 4.78 is 6.64. The van der Waals surface area contributed by atoms with Gasteiger partial charge in [-0.05, 0) is 56.7 Å². The Labute approximate surface area is 225 Å². The van der Waals surface area contributed by atoms with Crippen LogP contribution < -0.4 is 11.1 Å². The number of carbonyl (C=O) groups is 2. The minimum Gasteiger partial charge on any atom is -0.477 e. The molecule has 3 aromatic carbocycles. The molecule has 0 aliphatic carbocycles. The zero-order chi connectivity index (χ0) is 27.1. The maximum absolute atomic E-state index is 13.3. The van der Waals surface area contributed by atoms with Crippen LogP contribution >= 0.6 is 15.9 Å². The number of hydrogen-bond acceptors (Lipinski definition) is 5. The molecule has 0 saturated heterocycles. The standard InChI is InChI=1S/C29H30BrN3O4/c1-17-11-18(2)13-21(12-17)27(32)23(14-19(3)37-16-20-7-5-4-6-8-20)26(29(35)36)28(34)33-25-15-22(30)9-10-24(25)31/h4-13,15,19,32H,14,16,31H2,1-3H3,(H,33,34)(H,35,36)/b26-23+,32-27?. The molecular weight excluding hydrogens is 534 g/mol. The lowest BCUT2D eigenvalue weighted by molar-refractivity contribution is -0.134. The van der Waals surface area contributed by atoms with Crippen molar-refractivity contribution in [1.29, 1.82) is 5.41 Å². The molecule has 7 nitrogen and oxygen atoms in total. The number of ether oxygens (including phenoxy) is 1. The Balaban J connectivity index is 2.02. The molecule has 8 heteroatoms. The number of rotatable bonds is 10. The summed E-state index contributed by atoms with van der Waals surface area (Å²) in [5, 5.41) is 21.7. The molecule has 37 heavy (non-hydrogen) atoms. The van der Waals surface area contributed by atoms with Crippen LogP contribution in [0.3, 0.4) is 0 Å². The van der Waals surface area contributed by atoms with Crippen LogP contribution in [0.15, 0.2) is 82.3 Å². The maximum atomic E-state index is 13.3. The zero-order valence-electron chi connectivity index (χ0n) is 21.0. The zero-order valence-corrected chi connectivity index (χ0v) is 22.6.